The molecule has 28 heavy (non-hydrogen) atoms. The van der Waals surface area contributed by atoms with Crippen LogP contribution in [0.3, 0.4) is 0 Å². The van der Waals surface area contributed by atoms with E-state index in [2.05, 4.69) is 6.92 Å². The van der Waals surface area contributed by atoms with Crippen molar-refractivity contribution in [2.45, 2.75) is 129 Å². The fourth-order valence-electron chi connectivity index (χ4n) is 3.98. The maximum absolute atomic E-state index is 12.2. The molecule has 1 unspecified atom stereocenters. The number of rotatable bonds is 19. The summed E-state index contributed by atoms with van der Waals surface area (Å²) in [6.45, 7) is 4.29. The molecule has 4 heteroatoms. The van der Waals surface area contributed by atoms with Crippen molar-refractivity contribution >= 4 is 5.91 Å². The molecule has 0 aliphatic heterocycles. The van der Waals surface area contributed by atoms with Crippen LogP contribution in [0.25, 0.3) is 0 Å². The van der Waals surface area contributed by atoms with E-state index < -0.39 is 0 Å². The van der Waals surface area contributed by atoms with Crippen LogP contribution in [0.15, 0.2) is 0 Å². The molecule has 0 fully saturated rings. The Labute approximate surface area is 176 Å². The third kappa shape index (κ3) is 14.4. The van der Waals surface area contributed by atoms with Crippen molar-refractivity contribution in [1.82, 2.24) is 5.06 Å². The van der Waals surface area contributed by atoms with Crippen molar-refractivity contribution in [2.24, 2.45) is 0 Å². The second-order valence-electron chi connectivity index (χ2n) is 9.44. The van der Waals surface area contributed by atoms with Crippen LogP contribution in [-0.4, -0.2) is 48.0 Å². The molecule has 1 N–H and O–H groups in total. The summed E-state index contributed by atoms with van der Waals surface area (Å²) in [5.41, 5.74) is 0. The smallest absolute Gasteiger partial charge is 0.251 e. The minimum Gasteiger partial charge on any atom is -0.309 e. The first-order valence-electron chi connectivity index (χ1n) is 12.2. The fourth-order valence-corrected chi connectivity index (χ4v) is 3.98. The molecular weight excluding hydrogens is 348 g/mol. The Hall–Kier alpha value is -0.610. The summed E-state index contributed by atoms with van der Waals surface area (Å²) >= 11 is 0. The Morgan fingerprint density at radius 2 is 1.07 bits per heavy atom. The van der Waals surface area contributed by atoms with E-state index in [9.17, 15) is 10.0 Å². The molecule has 0 aromatic heterocycles. The maximum Gasteiger partial charge on any atom is 0.251 e. The number of nitrogens with zero attached hydrogens (tertiary/aromatic N) is 2. The summed E-state index contributed by atoms with van der Waals surface area (Å²) < 4.78 is 0.567. The number of quaternary nitrogens is 1. The summed E-state index contributed by atoms with van der Waals surface area (Å²) in [6, 6.07) is 0. The van der Waals surface area contributed by atoms with Gasteiger partial charge in [0.15, 0.2) is 6.17 Å². The predicted molar refractivity (Wildman–Crippen MR) is 120 cm³/mol. The van der Waals surface area contributed by atoms with Gasteiger partial charge in [-0.1, -0.05) is 104 Å². The Kier molecular flexibility index (Phi) is 16.9. The minimum absolute atomic E-state index is 0.130. The Morgan fingerprint density at radius 3 is 1.39 bits per heavy atom. The van der Waals surface area contributed by atoms with Crippen molar-refractivity contribution in [3.63, 3.8) is 0 Å². The predicted octanol–water partition coefficient (Wildman–Crippen LogP) is 6.91. The first kappa shape index (κ1) is 27.4. The van der Waals surface area contributed by atoms with Crippen molar-refractivity contribution < 1.29 is 14.5 Å². The second-order valence-corrected chi connectivity index (χ2v) is 9.44. The van der Waals surface area contributed by atoms with Gasteiger partial charge in [0.25, 0.3) is 5.91 Å². The highest BCUT2D eigenvalue weighted by molar-refractivity contribution is 5.74. The van der Waals surface area contributed by atoms with E-state index in [-0.39, 0.29) is 12.1 Å². The number of carbonyl (C=O) groups is 1. The third-order valence-corrected chi connectivity index (χ3v) is 5.79. The average molecular weight is 400 g/mol. The molecule has 0 saturated heterocycles. The van der Waals surface area contributed by atoms with Gasteiger partial charge in [-0.25, -0.2) is 0 Å². The van der Waals surface area contributed by atoms with E-state index in [1.807, 2.05) is 28.1 Å². The molecule has 1 atom stereocenters. The van der Waals surface area contributed by atoms with Gasteiger partial charge in [0.2, 0.25) is 0 Å². The molecule has 0 aromatic carbocycles. The third-order valence-electron chi connectivity index (χ3n) is 5.79. The SMILES string of the molecule is CCCCCCCCCCCCCCCCCC(=O)N(O)C(CC)[N+](C)(C)C. The number of hydroxylamine groups is 2. The molecule has 0 aromatic rings. The van der Waals surface area contributed by atoms with Crippen LogP contribution in [0.2, 0.25) is 0 Å². The lowest BCUT2D eigenvalue weighted by atomic mass is 10.0. The van der Waals surface area contributed by atoms with Crippen molar-refractivity contribution in [3.8, 4) is 0 Å². The second kappa shape index (κ2) is 17.3. The van der Waals surface area contributed by atoms with Crippen LogP contribution in [0.4, 0.5) is 0 Å². The summed E-state index contributed by atoms with van der Waals surface area (Å²) in [4.78, 5) is 12.2. The van der Waals surface area contributed by atoms with E-state index in [0.717, 1.165) is 24.3 Å². The zero-order valence-electron chi connectivity index (χ0n) is 19.8. The molecule has 0 radical (unpaired) electrons. The standard InChI is InChI=1S/C24H51N2O2/c1-6-8-9-10-11-12-13-14-15-16-17-18-19-20-21-22-24(27)25(28)23(7-2)26(3,4)5/h23,28H,6-22H2,1-5H3/q+1. The van der Waals surface area contributed by atoms with E-state index in [1.165, 1.54) is 83.5 Å². The molecular formula is C24H51N2O2+. The van der Waals surface area contributed by atoms with E-state index >= 15 is 0 Å². The van der Waals surface area contributed by atoms with E-state index in [1.54, 1.807) is 0 Å². The van der Waals surface area contributed by atoms with Gasteiger partial charge >= 0.3 is 0 Å². The van der Waals surface area contributed by atoms with Gasteiger partial charge in [-0.2, -0.15) is 5.06 Å². The van der Waals surface area contributed by atoms with E-state index in [4.69, 9.17) is 0 Å². The molecule has 0 aliphatic rings. The highest BCUT2D eigenvalue weighted by Crippen LogP contribution is 2.16. The Bertz CT molecular complexity index is 366. The number of hydrogen-bond acceptors (Lipinski definition) is 2. The summed E-state index contributed by atoms with van der Waals surface area (Å²) in [6.07, 6.45) is 20.9. The molecule has 0 spiro atoms. The zero-order chi connectivity index (χ0) is 21.3. The van der Waals surface area contributed by atoms with Crippen LogP contribution in [-0.2, 0) is 4.79 Å². The first-order chi connectivity index (χ1) is 13.3. The number of hydrogen-bond donors (Lipinski definition) is 1. The van der Waals surface area contributed by atoms with Crippen LogP contribution >= 0.6 is 0 Å². The highest BCUT2D eigenvalue weighted by Gasteiger charge is 2.31. The van der Waals surface area contributed by atoms with Crippen LogP contribution in [0.5, 0.6) is 0 Å². The zero-order valence-corrected chi connectivity index (χ0v) is 19.8. The summed E-state index contributed by atoms with van der Waals surface area (Å²) in [5, 5.41) is 11.2. The monoisotopic (exact) mass is 399 g/mol. The maximum atomic E-state index is 12.2. The topological polar surface area (TPSA) is 40.5 Å². The van der Waals surface area contributed by atoms with Crippen LogP contribution in [0.1, 0.15) is 123 Å². The molecule has 0 rings (SSSR count). The first-order valence-corrected chi connectivity index (χ1v) is 12.2. The lowest BCUT2D eigenvalue weighted by Gasteiger charge is -2.37. The molecule has 168 valence electrons. The largest absolute Gasteiger partial charge is 0.309 e. The van der Waals surface area contributed by atoms with Gasteiger partial charge in [-0.15, -0.1) is 0 Å². The average Bonchev–Trinajstić information content (AvgIpc) is 2.64. The number of carbonyl (C=O) groups excluding carboxylic acids is 1. The van der Waals surface area contributed by atoms with Gasteiger partial charge in [0.05, 0.1) is 21.1 Å². The molecule has 0 aliphatic carbocycles. The Balaban J connectivity index is 3.49. The van der Waals surface area contributed by atoms with Crippen LogP contribution in [0, 0.1) is 0 Å². The van der Waals surface area contributed by atoms with E-state index in [0.29, 0.717) is 10.9 Å². The number of unbranched alkanes of at least 4 members (excludes halogenated alkanes) is 14. The van der Waals surface area contributed by atoms with Gasteiger partial charge in [0, 0.05) is 12.8 Å². The Morgan fingerprint density at radius 1 is 0.714 bits per heavy atom. The lowest BCUT2D eigenvalue weighted by Crippen LogP contribution is -2.55. The fraction of sp³-hybridized carbons (Fsp3) is 0.958. The molecule has 0 saturated carbocycles. The number of amides is 1. The summed E-state index contributed by atoms with van der Waals surface area (Å²) in [7, 11) is 6.04. The van der Waals surface area contributed by atoms with Crippen molar-refractivity contribution in [3.05, 3.63) is 0 Å². The van der Waals surface area contributed by atoms with Crippen LogP contribution < -0.4 is 0 Å². The van der Waals surface area contributed by atoms with Gasteiger partial charge in [-0.05, 0) is 6.42 Å². The van der Waals surface area contributed by atoms with Gasteiger partial charge in [0.1, 0.15) is 0 Å². The van der Waals surface area contributed by atoms with Gasteiger partial charge < -0.3 is 4.48 Å². The molecule has 0 heterocycles. The highest BCUT2D eigenvalue weighted by atomic mass is 16.5. The van der Waals surface area contributed by atoms with Crippen molar-refractivity contribution in [2.75, 3.05) is 21.1 Å². The molecule has 4 nitrogen and oxygen atoms in total. The summed E-state index contributed by atoms with van der Waals surface area (Å²) in [5.74, 6) is -0.130. The molecule has 1 amide bonds. The minimum atomic E-state index is -0.163. The normalized spacial score (nSPS) is 12.9. The molecule has 0 bridgehead atoms. The van der Waals surface area contributed by atoms with Crippen molar-refractivity contribution in [1.29, 1.82) is 0 Å². The quantitative estimate of drug-likeness (QED) is 0.0843. The lowest BCUT2D eigenvalue weighted by molar-refractivity contribution is -0.912. The van der Waals surface area contributed by atoms with Gasteiger partial charge in [-0.3, -0.25) is 10.0 Å².